The minimum absolute atomic E-state index is 0.0624. The van der Waals surface area contributed by atoms with Crippen LogP contribution in [0.2, 0.25) is 0 Å². The van der Waals surface area contributed by atoms with Gasteiger partial charge in [0, 0.05) is 11.3 Å². The molecule has 2 amide bonds. The van der Waals surface area contributed by atoms with Crippen LogP contribution in [0, 0.1) is 0 Å². The van der Waals surface area contributed by atoms with Gasteiger partial charge in [0.15, 0.2) is 11.5 Å². The molecule has 0 radical (unpaired) electrons. The lowest BCUT2D eigenvalue weighted by Gasteiger charge is -2.09. The molecule has 0 aliphatic rings. The van der Waals surface area contributed by atoms with Gasteiger partial charge in [-0.05, 0) is 37.3 Å². The van der Waals surface area contributed by atoms with Gasteiger partial charge in [-0.25, -0.2) is 5.43 Å². The van der Waals surface area contributed by atoms with Crippen molar-refractivity contribution >= 4 is 17.5 Å². The number of rotatable bonds is 8. The summed E-state index contributed by atoms with van der Waals surface area (Å²) < 4.78 is 15.4. The number of methoxy groups -OCH3 is 2. The molecule has 0 fully saturated rings. The van der Waals surface area contributed by atoms with Gasteiger partial charge in [-0.3, -0.25) is 9.59 Å². The number of ether oxygens (including phenoxy) is 2. The van der Waals surface area contributed by atoms with E-state index in [-0.39, 0.29) is 12.3 Å². The molecule has 1 aromatic heterocycles. The van der Waals surface area contributed by atoms with Crippen LogP contribution in [-0.4, -0.2) is 31.7 Å². The van der Waals surface area contributed by atoms with Crippen LogP contribution in [0.15, 0.2) is 46.1 Å². The van der Waals surface area contributed by atoms with Crippen LogP contribution < -0.4 is 20.2 Å². The van der Waals surface area contributed by atoms with Gasteiger partial charge in [-0.2, -0.15) is 5.10 Å². The first-order chi connectivity index (χ1) is 12.5. The molecule has 2 aromatic rings. The Kier molecular flexibility index (Phi) is 6.78. The van der Waals surface area contributed by atoms with E-state index in [0.717, 1.165) is 0 Å². The smallest absolute Gasteiger partial charge is 0.271 e. The Morgan fingerprint density at radius 2 is 1.92 bits per heavy atom. The van der Waals surface area contributed by atoms with Crippen LogP contribution in [0.4, 0.5) is 0 Å². The molecule has 0 atom stereocenters. The highest BCUT2D eigenvalue weighted by atomic mass is 16.5. The molecule has 0 unspecified atom stereocenters. The summed E-state index contributed by atoms with van der Waals surface area (Å²) >= 11 is 0. The monoisotopic (exact) mass is 359 g/mol. The molecule has 0 saturated carbocycles. The first-order valence-corrected chi connectivity index (χ1v) is 7.88. The van der Waals surface area contributed by atoms with Gasteiger partial charge in [0.05, 0.1) is 33.4 Å². The number of carbonyl (C=O) groups excluding carboxylic acids is 2. The Morgan fingerprint density at radius 3 is 2.58 bits per heavy atom. The van der Waals surface area contributed by atoms with Crippen molar-refractivity contribution in [2.75, 3.05) is 14.2 Å². The van der Waals surface area contributed by atoms with Crippen LogP contribution >= 0.6 is 0 Å². The molecule has 8 heteroatoms. The Morgan fingerprint density at radius 1 is 1.15 bits per heavy atom. The molecular formula is C18H21N3O5. The number of nitrogens with one attached hydrogen (secondary N) is 2. The summed E-state index contributed by atoms with van der Waals surface area (Å²) in [5.41, 5.74) is 3.25. The van der Waals surface area contributed by atoms with Crippen molar-refractivity contribution in [3.8, 4) is 11.5 Å². The summed E-state index contributed by atoms with van der Waals surface area (Å²) in [7, 11) is 3.01. The summed E-state index contributed by atoms with van der Waals surface area (Å²) in [6.45, 7) is 1.96. The molecular weight excluding hydrogens is 338 g/mol. The summed E-state index contributed by atoms with van der Waals surface area (Å²) in [6.07, 6.45) is 1.60. The number of furan rings is 1. The SMILES string of the molecule is COc1ccc(C(=O)NN=C(C)CC(=O)NCc2ccco2)cc1OC. The quantitative estimate of drug-likeness (QED) is 0.555. The second-order valence-electron chi connectivity index (χ2n) is 5.39. The van der Waals surface area contributed by atoms with E-state index in [9.17, 15) is 9.59 Å². The maximum Gasteiger partial charge on any atom is 0.271 e. The molecule has 1 aromatic carbocycles. The van der Waals surface area contributed by atoms with Crippen LogP contribution in [0.1, 0.15) is 29.5 Å². The van der Waals surface area contributed by atoms with Gasteiger partial charge in [0.2, 0.25) is 5.91 Å². The predicted octanol–water partition coefficient (Wildman–Crippen LogP) is 2.11. The molecule has 138 valence electrons. The highest BCUT2D eigenvalue weighted by molar-refractivity contribution is 6.01. The zero-order valence-corrected chi connectivity index (χ0v) is 14.9. The largest absolute Gasteiger partial charge is 0.493 e. The number of benzene rings is 1. The average Bonchev–Trinajstić information content (AvgIpc) is 3.17. The summed E-state index contributed by atoms with van der Waals surface area (Å²) in [5.74, 6) is 0.995. The third kappa shape index (κ3) is 5.37. The van der Waals surface area contributed by atoms with Crippen molar-refractivity contribution in [2.45, 2.75) is 19.9 Å². The van der Waals surface area contributed by atoms with Crippen molar-refractivity contribution in [2.24, 2.45) is 5.10 Å². The number of hydrogen-bond donors (Lipinski definition) is 2. The summed E-state index contributed by atoms with van der Waals surface area (Å²) in [5, 5.41) is 6.65. The van der Waals surface area contributed by atoms with E-state index in [2.05, 4.69) is 15.8 Å². The van der Waals surface area contributed by atoms with E-state index in [1.54, 1.807) is 37.3 Å². The van der Waals surface area contributed by atoms with Crippen molar-refractivity contribution in [3.05, 3.63) is 47.9 Å². The molecule has 0 aliphatic heterocycles. The predicted molar refractivity (Wildman–Crippen MR) is 95.3 cm³/mol. The first kappa shape index (κ1) is 19.0. The lowest BCUT2D eigenvalue weighted by molar-refractivity contribution is -0.120. The number of nitrogens with zero attached hydrogens (tertiary/aromatic N) is 1. The number of amides is 2. The first-order valence-electron chi connectivity index (χ1n) is 7.88. The fraction of sp³-hybridized carbons (Fsp3) is 0.278. The third-order valence-corrected chi connectivity index (χ3v) is 3.45. The summed E-state index contributed by atoms with van der Waals surface area (Å²) in [4.78, 5) is 24.0. The van der Waals surface area contributed by atoms with Crippen LogP contribution in [0.25, 0.3) is 0 Å². The fourth-order valence-corrected chi connectivity index (χ4v) is 2.12. The van der Waals surface area contributed by atoms with Crippen molar-refractivity contribution < 1.29 is 23.5 Å². The molecule has 1 heterocycles. The summed E-state index contributed by atoms with van der Waals surface area (Å²) in [6, 6.07) is 8.29. The fourth-order valence-electron chi connectivity index (χ4n) is 2.12. The Balaban J connectivity index is 1.87. The van der Waals surface area contributed by atoms with Gasteiger partial charge in [-0.15, -0.1) is 0 Å². The second-order valence-corrected chi connectivity index (χ2v) is 5.39. The lowest BCUT2D eigenvalue weighted by atomic mass is 10.2. The van der Waals surface area contributed by atoms with E-state index in [0.29, 0.717) is 35.1 Å². The highest BCUT2D eigenvalue weighted by Crippen LogP contribution is 2.27. The van der Waals surface area contributed by atoms with Crippen LogP contribution in [0.3, 0.4) is 0 Å². The molecule has 2 N–H and O–H groups in total. The van der Waals surface area contributed by atoms with Crippen molar-refractivity contribution in [3.63, 3.8) is 0 Å². The van der Waals surface area contributed by atoms with Gasteiger partial charge in [-0.1, -0.05) is 0 Å². The molecule has 0 bridgehead atoms. The van der Waals surface area contributed by atoms with E-state index in [1.165, 1.54) is 20.5 Å². The van der Waals surface area contributed by atoms with E-state index < -0.39 is 5.91 Å². The molecule has 2 rings (SSSR count). The Labute approximate surface area is 151 Å². The number of carbonyl (C=O) groups is 2. The van der Waals surface area contributed by atoms with Crippen molar-refractivity contribution in [1.29, 1.82) is 0 Å². The van der Waals surface area contributed by atoms with Crippen molar-refractivity contribution in [1.82, 2.24) is 10.7 Å². The Bertz CT molecular complexity index is 784. The topological polar surface area (TPSA) is 102 Å². The zero-order chi connectivity index (χ0) is 18.9. The van der Waals surface area contributed by atoms with Gasteiger partial charge in [0.1, 0.15) is 5.76 Å². The number of hydrogen-bond acceptors (Lipinski definition) is 6. The standard InChI is InChI=1S/C18H21N3O5/c1-12(9-17(22)19-11-14-5-4-8-26-14)20-21-18(23)13-6-7-15(24-2)16(10-13)25-3/h4-8,10H,9,11H2,1-3H3,(H,19,22)(H,21,23). The second kappa shape index (κ2) is 9.26. The molecule has 8 nitrogen and oxygen atoms in total. The average molecular weight is 359 g/mol. The molecule has 26 heavy (non-hydrogen) atoms. The minimum atomic E-state index is -0.415. The maximum atomic E-state index is 12.2. The third-order valence-electron chi connectivity index (χ3n) is 3.45. The normalized spacial score (nSPS) is 11.0. The zero-order valence-electron chi connectivity index (χ0n) is 14.9. The highest BCUT2D eigenvalue weighted by Gasteiger charge is 2.11. The molecule has 0 spiro atoms. The van der Waals surface area contributed by atoms with E-state index in [4.69, 9.17) is 13.9 Å². The minimum Gasteiger partial charge on any atom is -0.493 e. The van der Waals surface area contributed by atoms with E-state index >= 15 is 0 Å². The van der Waals surface area contributed by atoms with Crippen LogP contribution in [0.5, 0.6) is 11.5 Å². The maximum absolute atomic E-state index is 12.2. The number of hydrazone groups is 1. The van der Waals surface area contributed by atoms with E-state index in [1.807, 2.05) is 0 Å². The molecule has 0 saturated heterocycles. The van der Waals surface area contributed by atoms with Gasteiger partial charge >= 0.3 is 0 Å². The van der Waals surface area contributed by atoms with Gasteiger partial charge in [0.25, 0.3) is 5.91 Å². The molecule has 0 aliphatic carbocycles. The van der Waals surface area contributed by atoms with Crippen LogP contribution in [-0.2, 0) is 11.3 Å². The Hall–Kier alpha value is -3.29. The van der Waals surface area contributed by atoms with Gasteiger partial charge < -0.3 is 19.2 Å². The lowest BCUT2D eigenvalue weighted by Crippen LogP contribution is -2.26.